The van der Waals surface area contributed by atoms with Crippen molar-refractivity contribution in [3.63, 3.8) is 0 Å². The van der Waals surface area contributed by atoms with Gasteiger partial charge in [-0.15, -0.1) is 0 Å². The van der Waals surface area contributed by atoms with Gasteiger partial charge in [-0.25, -0.2) is 4.57 Å². The Kier molecular flexibility index (Phi) is 21.1. The van der Waals surface area contributed by atoms with Gasteiger partial charge in [0.15, 0.2) is 0 Å². The summed E-state index contributed by atoms with van der Waals surface area (Å²) in [5, 5.41) is 0. The van der Waals surface area contributed by atoms with Crippen LogP contribution in [-0.4, -0.2) is 15.9 Å². The van der Waals surface area contributed by atoms with Gasteiger partial charge >= 0.3 is 7.82 Å². The fourth-order valence-electron chi connectivity index (χ4n) is 4.24. The molecule has 0 aromatic carbocycles. The molecule has 182 valence electrons. The van der Waals surface area contributed by atoms with Crippen LogP contribution in [0.25, 0.3) is 0 Å². The normalized spacial score (nSPS) is 14.2. The number of phosphoric ester groups is 1. The molecule has 0 heterocycles. The summed E-state index contributed by atoms with van der Waals surface area (Å²) < 4.78 is 16.5. The summed E-state index contributed by atoms with van der Waals surface area (Å²) in [6.07, 6.45) is 24.5. The predicted octanol–water partition coefficient (Wildman–Crippen LogP) is 8.94. The van der Waals surface area contributed by atoms with Crippen molar-refractivity contribution in [3.05, 3.63) is 0 Å². The molecule has 0 radical (unpaired) electrons. The molecule has 4 nitrogen and oxygen atoms in total. The van der Waals surface area contributed by atoms with Gasteiger partial charge in [-0.05, 0) is 18.8 Å². The van der Waals surface area contributed by atoms with E-state index in [0.717, 1.165) is 32.1 Å². The van der Waals surface area contributed by atoms with E-state index in [9.17, 15) is 14.4 Å². The summed E-state index contributed by atoms with van der Waals surface area (Å²) in [7, 11) is -4.41. The van der Waals surface area contributed by atoms with Gasteiger partial charge in [-0.3, -0.25) is 4.52 Å². The van der Waals surface area contributed by atoms with Crippen LogP contribution in [-0.2, 0) is 9.09 Å². The summed E-state index contributed by atoms with van der Waals surface area (Å²) in [5.41, 5.74) is 0. The van der Waals surface area contributed by atoms with Crippen molar-refractivity contribution in [1.29, 1.82) is 0 Å². The van der Waals surface area contributed by atoms with E-state index >= 15 is 0 Å². The van der Waals surface area contributed by atoms with E-state index in [1.165, 1.54) is 96.3 Å². The SMILES string of the molecule is CCCCCCCCCCCCCCC(OP(=O)(O)O)C(C)CCCCCCCC. The van der Waals surface area contributed by atoms with Gasteiger partial charge in [0, 0.05) is 0 Å². The Hall–Kier alpha value is 0.110. The minimum absolute atomic E-state index is 0.205. The number of phosphoric acid groups is 1. The van der Waals surface area contributed by atoms with Gasteiger partial charge < -0.3 is 9.79 Å². The first-order valence-corrected chi connectivity index (χ1v) is 14.7. The maximum absolute atomic E-state index is 11.4. The van der Waals surface area contributed by atoms with Crippen LogP contribution in [0.1, 0.15) is 149 Å². The van der Waals surface area contributed by atoms with E-state index in [2.05, 4.69) is 20.8 Å². The molecular formula is C25H53O4P. The van der Waals surface area contributed by atoms with E-state index in [-0.39, 0.29) is 12.0 Å². The van der Waals surface area contributed by atoms with E-state index in [0.29, 0.717) is 0 Å². The van der Waals surface area contributed by atoms with Gasteiger partial charge in [-0.2, -0.15) is 0 Å². The molecule has 0 bridgehead atoms. The van der Waals surface area contributed by atoms with Crippen molar-refractivity contribution in [2.24, 2.45) is 5.92 Å². The summed E-state index contributed by atoms with van der Waals surface area (Å²) >= 11 is 0. The Labute approximate surface area is 188 Å². The molecule has 0 aliphatic rings. The van der Waals surface area contributed by atoms with Crippen LogP contribution >= 0.6 is 7.82 Å². The van der Waals surface area contributed by atoms with Gasteiger partial charge in [0.25, 0.3) is 0 Å². The molecule has 0 amide bonds. The Bertz CT molecular complexity index is 397. The second kappa shape index (κ2) is 21.0. The lowest BCUT2D eigenvalue weighted by atomic mass is 9.93. The van der Waals surface area contributed by atoms with Crippen LogP contribution < -0.4 is 0 Å². The second-order valence-electron chi connectivity index (χ2n) is 9.35. The van der Waals surface area contributed by atoms with Crippen LogP contribution in [0.2, 0.25) is 0 Å². The second-order valence-corrected chi connectivity index (χ2v) is 10.5. The van der Waals surface area contributed by atoms with Crippen molar-refractivity contribution in [3.8, 4) is 0 Å². The molecule has 0 saturated heterocycles. The average molecular weight is 449 g/mol. The fourth-order valence-corrected chi connectivity index (χ4v) is 4.90. The highest BCUT2D eigenvalue weighted by Gasteiger charge is 2.26. The van der Waals surface area contributed by atoms with Crippen LogP contribution in [0, 0.1) is 5.92 Å². The molecule has 5 heteroatoms. The molecule has 2 unspecified atom stereocenters. The van der Waals surface area contributed by atoms with Crippen LogP contribution in [0.3, 0.4) is 0 Å². The molecule has 0 aromatic rings. The maximum Gasteiger partial charge on any atom is 0.469 e. The zero-order valence-electron chi connectivity index (χ0n) is 20.5. The molecule has 0 aromatic heterocycles. The number of hydrogen-bond donors (Lipinski definition) is 2. The molecule has 0 rings (SSSR count). The third-order valence-electron chi connectivity index (χ3n) is 6.26. The fraction of sp³-hybridized carbons (Fsp3) is 1.00. The molecule has 30 heavy (non-hydrogen) atoms. The maximum atomic E-state index is 11.4. The molecule has 2 atom stereocenters. The number of hydrogen-bond acceptors (Lipinski definition) is 2. The summed E-state index contributed by atoms with van der Waals surface area (Å²) in [4.78, 5) is 18.6. The zero-order chi connectivity index (χ0) is 22.5. The highest BCUT2D eigenvalue weighted by molar-refractivity contribution is 7.46. The molecular weight excluding hydrogens is 395 g/mol. The average Bonchev–Trinajstić information content (AvgIpc) is 2.69. The monoisotopic (exact) mass is 448 g/mol. The van der Waals surface area contributed by atoms with Gasteiger partial charge in [0.2, 0.25) is 0 Å². The highest BCUT2D eigenvalue weighted by atomic mass is 31.2. The molecule has 0 spiro atoms. The summed E-state index contributed by atoms with van der Waals surface area (Å²) in [5.74, 6) is 0.205. The van der Waals surface area contributed by atoms with Gasteiger partial charge in [-0.1, -0.05) is 136 Å². The van der Waals surface area contributed by atoms with Crippen LogP contribution in [0.5, 0.6) is 0 Å². The predicted molar refractivity (Wildman–Crippen MR) is 130 cm³/mol. The largest absolute Gasteiger partial charge is 0.469 e. The summed E-state index contributed by atoms with van der Waals surface area (Å²) in [6, 6.07) is 0. The van der Waals surface area contributed by atoms with Gasteiger partial charge in [0.05, 0.1) is 6.10 Å². The lowest BCUT2D eigenvalue weighted by molar-refractivity contribution is 0.0809. The van der Waals surface area contributed by atoms with Crippen LogP contribution in [0.4, 0.5) is 0 Å². The van der Waals surface area contributed by atoms with E-state index in [4.69, 9.17) is 4.52 Å². The lowest BCUT2D eigenvalue weighted by Crippen LogP contribution is -2.21. The molecule has 0 aliphatic carbocycles. The van der Waals surface area contributed by atoms with E-state index < -0.39 is 7.82 Å². The number of rotatable bonds is 23. The quantitative estimate of drug-likeness (QED) is 0.121. The lowest BCUT2D eigenvalue weighted by Gasteiger charge is -2.24. The number of unbranched alkanes of at least 4 members (excludes halogenated alkanes) is 16. The third-order valence-corrected chi connectivity index (χ3v) is 6.81. The molecule has 2 N–H and O–H groups in total. The van der Waals surface area contributed by atoms with Crippen molar-refractivity contribution in [1.82, 2.24) is 0 Å². The van der Waals surface area contributed by atoms with Crippen molar-refractivity contribution < 1.29 is 18.9 Å². The molecule has 0 saturated carbocycles. The minimum atomic E-state index is -4.41. The van der Waals surface area contributed by atoms with Crippen molar-refractivity contribution in [2.75, 3.05) is 0 Å². The van der Waals surface area contributed by atoms with E-state index in [1.807, 2.05) is 0 Å². The minimum Gasteiger partial charge on any atom is -0.303 e. The molecule has 0 aliphatic heterocycles. The van der Waals surface area contributed by atoms with Crippen molar-refractivity contribution >= 4 is 7.82 Å². The van der Waals surface area contributed by atoms with Gasteiger partial charge in [0.1, 0.15) is 0 Å². The Balaban J connectivity index is 3.86. The van der Waals surface area contributed by atoms with E-state index in [1.54, 1.807) is 0 Å². The van der Waals surface area contributed by atoms with Crippen LogP contribution in [0.15, 0.2) is 0 Å². The Morgan fingerprint density at radius 2 is 0.933 bits per heavy atom. The molecule has 0 fully saturated rings. The highest BCUT2D eigenvalue weighted by Crippen LogP contribution is 2.41. The smallest absolute Gasteiger partial charge is 0.303 e. The Morgan fingerprint density at radius 3 is 1.30 bits per heavy atom. The Morgan fingerprint density at radius 1 is 0.600 bits per heavy atom. The first-order valence-electron chi connectivity index (χ1n) is 13.1. The summed E-state index contributed by atoms with van der Waals surface area (Å²) in [6.45, 7) is 6.57. The first kappa shape index (κ1) is 30.1. The standard InChI is InChI=1S/C25H53O4P/c1-4-6-8-10-12-13-14-15-16-17-19-21-23-25(29-30(26,27)28)24(3)22-20-18-11-9-7-5-2/h24-25H,4-23H2,1-3H3,(H2,26,27,28). The topological polar surface area (TPSA) is 66.8 Å². The first-order chi connectivity index (χ1) is 14.4. The zero-order valence-corrected chi connectivity index (χ0v) is 21.3. The third kappa shape index (κ3) is 21.3. The van der Waals surface area contributed by atoms with Crippen molar-refractivity contribution in [2.45, 2.75) is 155 Å².